The van der Waals surface area contributed by atoms with E-state index in [1.807, 2.05) is 37.4 Å². The first-order valence-electron chi connectivity index (χ1n) is 9.32. The number of halogens is 1. The van der Waals surface area contributed by atoms with Crippen LogP contribution in [0.1, 0.15) is 36.2 Å². The lowest BCUT2D eigenvalue weighted by Crippen LogP contribution is -2.29. The molecule has 0 bridgehead atoms. The summed E-state index contributed by atoms with van der Waals surface area (Å²) in [5, 5.41) is 13.1. The molecule has 2 aromatic carbocycles. The predicted octanol–water partition coefficient (Wildman–Crippen LogP) is 3.80. The molecule has 0 atom stereocenters. The molecule has 0 aliphatic carbocycles. The third-order valence-corrected chi connectivity index (χ3v) is 5.08. The first-order valence-corrected chi connectivity index (χ1v) is 9.32. The van der Waals surface area contributed by atoms with Crippen LogP contribution in [-0.4, -0.2) is 35.3 Å². The molecule has 1 fully saturated rings. The number of fused-ring (bicyclic) bond motifs is 1. The average molecular weight is 385 g/mol. The topological polar surface area (TPSA) is 59.0 Å². The molecule has 2 N–H and O–H groups in total. The second-order valence-corrected chi connectivity index (χ2v) is 6.79. The minimum Gasteiger partial charge on any atom is -0.352 e. The molecular formula is C21H25ClN4O. The van der Waals surface area contributed by atoms with E-state index >= 15 is 0 Å². The van der Waals surface area contributed by atoms with Gasteiger partial charge in [0.05, 0.1) is 12.2 Å². The molecule has 6 heteroatoms. The predicted molar refractivity (Wildman–Crippen MR) is 112 cm³/mol. The number of nitrogens with zero attached hydrogens (tertiary/aromatic N) is 2. The summed E-state index contributed by atoms with van der Waals surface area (Å²) in [5.41, 5.74) is 2.98. The van der Waals surface area contributed by atoms with Crippen LogP contribution in [0.5, 0.6) is 0 Å². The molecule has 0 unspecified atom stereocenters. The van der Waals surface area contributed by atoms with Crippen molar-refractivity contribution in [2.45, 2.75) is 25.8 Å². The van der Waals surface area contributed by atoms with Crippen molar-refractivity contribution in [3.63, 3.8) is 0 Å². The van der Waals surface area contributed by atoms with E-state index in [-0.39, 0.29) is 18.3 Å². The maximum atomic E-state index is 12.1. The lowest BCUT2D eigenvalue weighted by Gasteiger charge is -2.22. The van der Waals surface area contributed by atoms with Gasteiger partial charge < -0.3 is 10.6 Å². The van der Waals surface area contributed by atoms with Crippen molar-refractivity contribution in [3.8, 4) is 11.1 Å². The molecule has 27 heavy (non-hydrogen) atoms. The lowest BCUT2D eigenvalue weighted by atomic mass is 9.98. The monoisotopic (exact) mass is 384 g/mol. The Hall–Kier alpha value is -2.37. The number of benzene rings is 2. The van der Waals surface area contributed by atoms with Gasteiger partial charge in [0, 0.05) is 23.9 Å². The van der Waals surface area contributed by atoms with Crippen LogP contribution in [0.25, 0.3) is 21.9 Å². The highest BCUT2D eigenvalue weighted by molar-refractivity contribution is 6.02. The zero-order valence-electron chi connectivity index (χ0n) is 15.4. The van der Waals surface area contributed by atoms with Crippen LogP contribution in [0.4, 0.5) is 0 Å². The smallest absolute Gasteiger partial charge is 0.251 e. The highest BCUT2D eigenvalue weighted by Crippen LogP contribution is 2.30. The van der Waals surface area contributed by atoms with E-state index in [1.165, 1.54) is 0 Å². The van der Waals surface area contributed by atoms with Crippen molar-refractivity contribution in [1.29, 1.82) is 0 Å². The molecule has 5 nitrogen and oxygen atoms in total. The standard InChI is InChI=1S/C21H24N4O.ClH/c1-2-23-21(26)16-6-7-20-15(12-16)4-3-5-19(20)17-13-24-25(14-17)18-8-10-22-11-9-18;/h3-7,12-14,18,22H,2,8-11H2,1H3,(H,23,26);1H. The molecule has 1 aliphatic heterocycles. The highest BCUT2D eigenvalue weighted by atomic mass is 35.5. The molecule has 1 aliphatic rings. The van der Waals surface area contributed by atoms with E-state index in [4.69, 9.17) is 0 Å². The number of aromatic nitrogens is 2. The third-order valence-electron chi connectivity index (χ3n) is 5.08. The maximum Gasteiger partial charge on any atom is 0.251 e. The molecule has 1 aromatic heterocycles. The van der Waals surface area contributed by atoms with Crippen molar-refractivity contribution in [2.24, 2.45) is 0 Å². The van der Waals surface area contributed by atoms with E-state index in [1.54, 1.807) is 0 Å². The number of hydrogen-bond acceptors (Lipinski definition) is 3. The summed E-state index contributed by atoms with van der Waals surface area (Å²) in [4.78, 5) is 12.1. The fourth-order valence-electron chi connectivity index (χ4n) is 3.69. The van der Waals surface area contributed by atoms with Crippen molar-refractivity contribution in [1.82, 2.24) is 20.4 Å². The van der Waals surface area contributed by atoms with Gasteiger partial charge in [-0.3, -0.25) is 9.48 Å². The molecule has 1 saturated heterocycles. The minimum atomic E-state index is -0.0291. The fraction of sp³-hybridized carbons (Fsp3) is 0.333. The van der Waals surface area contributed by atoms with Gasteiger partial charge in [0.1, 0.15) is 0 Å². The summed E-state index contributed by atoms with van der Waals surface area (Å²) in [6, 6.07) is 12.6. The Bertz CT molecular complexity index is 931. The summed E-state index contributed by atoms with van der Waals surface area (Å²) in [6.07, 6.45) is 6.34. The van der Waals surface area contributed by atoms with Crippen LogP contribution in [0, 0.1) is 0 Å². The summed E-state index contributed by atoms with van der Waals surface area (Å²) in [7, 11) is 0. The molecule has 0 radical (unpaired) electrons. The van der Waals surface area contributed by atoms with Crippen LogP contribution in [-0.2, 0) is 0 Å². The van der Waals surface area contributed by atoms with Crippen LogP contribution < -0.4 is 10.6 Å². The van der Waals surface area contributed by atoms with Crippen LogP contribution in [0.2, 0.25) is 0 Å². The van der Waals surface area contributed by atoms with Crippen LogP contribution in [0.3, 0.4) is 0 Å². The number of rotatable bonds is 4. The van der Waals surface area contributed by atoms with Crippen molar-refractivity contribution < 1.29 is 4.79 Å². The third kappa shape index (κ3) is 3.99. The first kappa shape index (κ1) is 19.4. The number of nitrogens with one attached hydrogen (secondary N) is 2. The fourth-order valence-corrected chi connectivity index (χ4v) is 3.69. The number of amides is 1. The zero-order chi connectivity index (χ0) is 17.9. The highest BCUT2D eigenvalue weighted by Gasteiger charge is 2.16. The second kappa shape index (κ2) is 8.55. The Kier molecular flexibility index (Phi) is 6.14. The lowest BCUT2D eigenvalue weighted by molar-refractivity contribution is 0.0956. The number of carbonyl (C=O) groups is 1. The number of hydrogen-bond donors (Lipinski definition) is 2. The normalized spacial score (nSPS) is 14.7. The van der Waals surface area contributed by atoms with Gasteiger partial charge >= 0.3 is 0 Å². The molecule has 3 aromatic rings. The SMILES string of the molecule is CCNC(=O)c1ccc2c(-c3cnn(C4CCNCC4)c3)cccc2c1.Cl. The molecular weight excluding hydrogens is 360 g/mol. The van der Waals surface area contributed by atoms with E-state index < -0.39 is 0 Å². The summed E-state index contributed by atoms with van der Waals surface area (Å²) in [6.45, 7) is 4.66. The first-order chi connectivity index (χ1) is 12.8. The van der Waals surface area contributed by atoms with Crippen LogP contribution >= 0.6 is 12.4 Å². The van der Waals surface area contributed by atoms with E-state index in [2.05, 4.69) is 38.7 Å². The average Bonchev–Trinajstić information content (AvgIpc) is 3.18. The van der Waals surface area contributed by atoms with Crippen molar-refractivity contribution >= 4 is 29.1 Å². The van der Waals surface area contributed by atoms with Gasteiger partial charge in [-0.1, -0.05) is 24.3 Å². The minimum absolute atomic E-state index is 0. The van der Waals surface area contributed by atoms with Gasteiger partial charge in [-0.15, -0.1) is 12.4 Å². The van der Waals surface area contributed by atoms with Gasteiger partial charge in [-0.2, -0.15) is 5.10 Å². The Morgan fingerprint density at radius 3 is 2.85 bits per heavy atom. The molecule has 0 saturated carbocycles. The summed E-state index contributed by atoms with van der Waals surface area (Å²) >= 11 is 0. The summed E-state index contributed by atoms with van der Waals surface area (Å²) in [5.74, 6) is -0.0291. The number of piperidine rings is 1. The van der Waals surface area contributed by atoms with Gasteiger partial charge in [0.2, 0.25) is 0 Å². The molecule has 142 valence electrons. The largest absolute Gasteiger partial charge is 0.352 e. The maximum absolute atomic E-state index is 12.1. The molecule has 1 amide bonds. The van der Waals surface area contributed by atoms with Gasteiger partial charge in [-0.05, 0) is 61.3 Å². The zero-order valence-corrected chi connectivity index (χ0v) is 16.3. The Balaban J connectivity index is 0.00000210. The molecule has 0 spiro atoms. The number of carbonyl (C=O) groups excluding carboxylic acids is 1. The Morgan fingerprint density at radius 2 is 2.07 bits per heavy atom. The van der Waals surface area contributed by atoms with E-state index in [9.17, 15) is 4.79 Å². The van der Waals surface area contributed by atoms with Crippen LogP contribution in [0.15, 0.2) is 48.8 Å². The molecule has 2 heterocycles. The van der Waals surface area contributed by atoms with Crippen molar-refractivity contribution in [3.05, 3.63) is 54.4 Å². The van der Waals surface area contributed by atoms with Gasteiger partial charge in [0.15, 0.2) is 0 Å². The summed E-state index contributed by atoms with van der Waals surface area (Å²) < 4.78 is 2.11. The van der Waals surface area contributed by atoms with Crippen molar-refractivity contribution in [2.75, 3.05) is 19.6 Å². The Morgan fingerprint density at radius 1 is 1.26 bits per heavy atom. The van der Waals surface area contributed by atoms with E-state index in [0.717, 1.165) is 47.8 Å². The van der Waals surface area contributed by atoms with Gasteiger partial charge in [0.25, 0.3) is 5.91 Å². The van der Waals surface area contributed by atoms with E-state index in [0.29, 0.717) is 18.2 Å². The quantitative estimate of drug-likeness (QED) is 0.719. The van der Waals surface area contributed by atoms with Gasteiger partial charge in [-0.25, -0.2) is 0 Å². The second-order valence-electron chi connectivity index (χ2n) is 6.79. The Labute approximate surface area is 165 Å². The molecule has 4 rings (SSSR count).